The summed E-state index contributed by atoms with van der Waals surface area (Å²) in [6.45, 7) is 1.43. The molecular weight excluding hydrogens is 265 g/mol. The van der Waals surface area contributed by atoms with Crippen molar-refractivity contribution in [1.82, 2.24) is 4.90 Å². The van der Waals surface area contributed by atoms with Gasteiger partial charge < -0.3 is 0 Å². The van der Waals surface area contributed by atoms with E-state index in [9.17, 15) is 8.42 Å². The van der Waals surface area contributed by atoms with Crippen LogP contribution in [0.2, 0.25) is 0 Å². The summed E-state index contributed by atoms with van der Waals surface area (Å²) in [7, 11) is -2.67. The maximum Gasteiger partial charge on any atom is 0.152 e. The van der Waals surface area contributed by atoms with Crippen LogP contribution in [0, 0.1) is 0 Å². The molecule has 0 aromatic heterocycles. The van der Waals surface area contributed by atoms with E-state index in [1.54, 1.807) is 0 Å². The molecule has 1 aliphatic rings. The minimum atomic E-state index is -2.67. The lowest BCUT2D eigenvalue weighted by Crippen LogP contribution is -2.39. The molecule has 60 valence electrons. The number of halogens is 1. The zero-order valence-corrected chi connectivity index (χ0v) is 8.56. The van der Waals surface area contributed by atoms with E-state index in [-0.39, 0.29) is 0 Å². The lowest BCUT2D eigenvalue weighted by Gasteiger charge is -2.23. The predicted octanol–water partition coefficient (Wildman–Crippen LogP) is 0.109. The van der Waals surface area contributed by atoms with Gasteiger partial charge in [-0.1, -0.05) is 22.6 Å². The quantitative estimate of drug-likeness (QED) is 0.387. The number of nitrogens with zero attached hydrogens (tertiary/aromatic N) is 1. The van der Waals surface area contributed by atoms with E-state index in [1.807, 2.05) is 0 Å². The minimum absolute atomic E-state index is 0.343. The fourth-order valence-corrected chi connectivity index (χ4v) is 2.83. The molecule has 0 bridgehead atoms. The van der Waals surface area contributed by atoms with Crippen LogP contribution in [0.5, 0.6) is 0 Å². The first-order valence-corrected chi connectivity index (χ1v) is 6.47. The van der Waals surface area contributed by atoms with Crippen LogP contribution in [-0.4, -0.2) is 42.5 Å². The van der Waals surface area contributed by atoms with Crippen molar-refractivity contribution in [2.24, 2.45) is 0 Å². The Labute approximate surface area is 74.8 Å². The van der Waals surface area contributed by atoms with Crippen molar-refractivity contribution in [2.45, 2.75) is 0 Å². The van der Waals surface area contributed by atoms with Gasteiger partial charge in [0.1, 0.15) is 0 Å². The second-order valence-electron chi connectivity index (χ2n) is 2.39. The summed E-state index contributed by atoms with van der Waals surface area (Å²) in [5, 5.41) is 0. The highest BCUT2D eigenvalue weighted by Crippen LogP contribution is 2.04. The highest BCUT2D eigenvalue weighted by atomic mass is 127. The van der Waals surface area contributed by atoms with E-state index in [4.69, 9.17) is 0 Å². The average Bonchev–Trinajstić information content (AvgIpc) is 1.88. The molecular formula is C5H10INO2S. The summed E-state index contributed by atoms with van der Waals surface area (Å²) in [5.74, 6) is 0.687. The van der Waals surface area contributed by atoms with E-state index < -0.39 is 9.84 Å². The van der Waals surface area contributed by atoms with Gasteiger partial charge in [-0.2, -0.15) is 0 Å². The van der Waals surface area contributed by atoms with Gasteiger partial charge in [-0.05, 0) is 0 Å². The second kappa shape index (κ2) is 3.36. The summed E-state index contributed by atoms with van der Waals surface area (Å²) in [5.41, 5.74) is 0. The monoisotopic (exact) mass is 275 g/mol. The molecule has 0 radical (unpaired) electrons. The minimum Gasteiger partial charge on any atom is -0.292 e. The number of sulfone groups is 1. The molecule has 0 spiro atoms. The van der Waals surface area contributed by atoms with Crippen molar-refractivity contribution in [1.29, 1.82) is 0 Å². The Hall–Kier alpha value is 0.640. The normalized spacial score (nSPS) is 26.5. The summed E-state index contributed by atoms with van der Waals surface area (Å²) >= 11 is 2.25. The van der Waals surface area contributed by atoms with Gasteiger partial charge in [0.05, 0.1) is 16.1 Å². The third-order valence-electron chi connectivity index (χ3n) is 1.61. The van der Waals surface area contributed by atoms with Crippen LogP contribution in [0.25, 0.3) is 0 Å². The van der Waals surface area contributed by atoms with Gasteiger partial charge in [0.2, 0.25) is 0 Å². The molecule has 0 N–H and O–H groups in total. The number of hydrogen-bond acceptors (Lipinski definition) is 3. The number of hydrogen-bond donors (Lipinski definition) is 0. The highest BCUT2D eigenvalue weighted by Gasteiger charge is 2.19. The zero-order valence-electron chi connectivity index (χ0n) is 5.59. The molecule has 0 amide bonds. The molecule has 0 saturated carbocycles. The van der Waals surface area contributed by atoms with Gasteiger partial charge in [0, 0.05) is 13.1 Å². The topological polar surface area (TPSA) is 37.4 Å². The molecule has 1 saturated heterocycles. The zero-order chi connectivity index (χ0) is 7.61. The van der Waals surface area contributed by atoms with Crippen LogP contribution >= 0.6 is 22.6 Å². The molecule has 0 atom stereocenters. The molecule has 0 aromatic carbocycles. The van der Waals surface area contributed by atoms with E-state index >= 15 is 0 Å². The van der Waals surface area contributed by atoms with Crippen molar-refractivity contribution in [3.8, 4) is 0 Å². The molecule has 3 nitrogen and oxygen atoms in total. The Bertz CT molecular complexity index is 188. The Morgan fingerprint density at radius 2 is 1.80 bits per heavy atom. The molecule has 5 heteroatoms. The van der Waals surface area contributed by atoms with Crippen molar-refractivity contribution in [3.05, 3.63) is 0 Å². The predicted molar refractivity (Wildman–Crippen MR) is 49.1 cm³/mol. The Morgan fingerprint density at radius 3 is 2.20 bits per heavy atom. The van der Waals surface area contributed by atoms with Gasteiger partial charge in [-0.25, -0.2) is 8.42 Å². The first-order valence-electron chi connectivity index (χ1n) is 3.13. The van der Waals surface area contributed by atoms with Crippen LogP contribution in [0.15, 0.2) is 0 Å². The lowest BCUT2D eigenvalue weighted by atomic mass is 10.6. The smallest absolute Gasteiger partial charge is 0.152 e. The SMILES string of the molecule is O=S1(=O)CCN(CI)CC1. The van der Waals surface area contributed by atoms with Crippen LogP contribution in [0.4, 0.5) is 0 Å². The van der Waals surface area contributed by atoms with Crippen molar-refractivity contribution in [3.63, 3.8) is 0 Å². The van der Waals surface area contributed by atoms with Crippen LogP contribution < -0.4 is 0 Å². The van der Waals surface area contributed by atoms with E-state index in [1.165, 1.54) is 0 Å². The lowest BCUT2D eigenvalue weighted by molar-refractivity contribution is 0.354. The maximum absolute atomic E-state index is 10.9. The number of rotatable bonds is 1. The molecule has 10 heavy (non-hydrogen) atoms. The van der Waals surface area contributed by atoms with Crippen molar-refractivity contribution >= 4 is 32.4 Å². The van der Waals surface area contributed by atoms with E-state index in [0.29, 0.717) is 24.6 Å². The highest BCUT2D eigenvalue weighted by molar-refractivity contribution is 14.1. The Kier molecular flexibility index (Phi) is 2.93. The number of alkyl halides is 1. The first kappa shape index (κ1) is 8.73. The van der Waals surface area contributed by atoms with Gasteiger partial charge in [0.25, 0.3) is 0 Å². The first-order chi connectivity index (χ1) is 4.64. The van der Waals surface area contributed by atoms with Gasteiger partial charge in [0.15, 0.2) is 9.84 Å². The largest absolute Gasteiger partial charge is 0.292 e. The maximum atomic E-state index is 10.9. The van der Waals surface area contributed by atoms with Crippen LogP contribution in [-0.2, 0) is 9.84 Å². The third kappa shape index (κ3) is 2.35. The average molecular weight is 275 g/mol. The van der Waals surface area contributed by atoms with Gasteiger partial charge >= 0.3 is 0 Å². The Morgan fingerprint density at radius 1 is 1.30 bits per heavy atom. The standard InChI is InChI=1S/C5H10INO2S/c6-5-7-1-3-10(8,9)4-2-7/h1-5H2. The molecule has 0 aromatic rings. The van der Waals surface area contributed by atoms with Crippen LogP contribution in [0.1, 0.15) is 0 Å². The summed E-state index contributed by atoms with van der Waals surface area (Å²) in [6.07, 6.45) is 0. The van der Waals surface area contributed by atoms with E-state index in [2.05, 4.69) is 27.5 Å². The fraction of sp³-hybridized carbons (Fsp3) is 1.00. The molecule has 1 aliphatic heterocycles. The van der Waals surface area contributed by atoms with Gasteiger partial charge in [-0.15, -0.1) is 0 Å². The van der Waals surface area contributed by atoms with Gasteiger partial charge in [-0.3, -0.25) is 4.90 Å². The Balaban J connectivity index is 2.46. The fourth-order valence-electron chi connectivity index (χ4n) is 0.870. The molecule has 1 rings (SSSR count). The molecule has 0 unspecified atom stereocenters. The summed E-state index contributed by atoms with van der Waals surface area (Å²) in [6, 6.07) is 0. The van der Waals surface area contributed by atoms with Crippen molar-refractivity contribution in [2.75, 3.05) is 29.1 Å². The summed E-state index contributed by atoms with van der Waals surface area (Å²) in [4.78, 5) is 2.14. The molecule has 0 aliphatic carbocycles. The second-order valence-corrected chi connectivity index (χ2v) is 5.38. The third-order valence-corrected chi connectivity index (χ3v) is 4.18. The van der Waals surface area contributed by atoms with Crippen LogP contribution in [0.3, 0.4) is 0 Å². The molecule has 1 heterocycles. The van der Waals surface area contributed by atoms with Crippen molar-refractivity contribution < 1.29 is 8.42 Å². The summed E-state index contributed by atoms with van der Waals surface area (Å²) < 4.78 is 22.7. The van der Waals surface area contributed by atoms with E-state index in [0.717, 1.165) is 4.55 Å². The molecule has 1 fully saturated rings.